The Morgan fingerprint density at radius 1 is 0.483 bits per heavy atom. The standard InChI is InChI=1S/C51H51N5O15S.C29H24N2O9.C22H29N3O7S/c1-27-52-34(26-72-27)39(54-71-49(45(62)69-47(2,3)4)22-31-18-19-32(23-49)65-31)36(57)20-28-25-64-56(41(28)58)50(46(63)70-48(5,6)7)24-35(44(61)68-50)55-42(59)33-21-37-40(53-38(33)43(55)60)67-51(66-37,29-14-10-8-11-15-29)30-16-12-9-13-17-30;1-28(2,3)40-27(37)20(32)15-19(26(35)36)31-24(33)18-14-21-23(30-22(18)25(31)34)39-29(38-21,16-10-6-4-7-11-16)17-12-8-5-9-13-17;1-12-23-16(11-33-12)18(17(26)7-13-10-29-25-19(13)27)24-32-22(20(28)31-21(2,3)4)8-14-5-6-15(9-22)30-14/h8-17,21,26,28,31-32,35H,18-20,22-25H2,1-7H3;4-14,19H,15H2,1-3H3,(H,35,36);11,13-15H,5-10H2,1-4H3,(H,25,27)/b54-39-;;24-18-/t28-,31?,32?,35-,49?,50?;19-;13-,14?,15?,22?/m000/s1. The Morgan fingerprint density at radius 3 is 1.28 bits per heavy atom. The number of rotatable bonds is 26. The smallest absolute Gasteiger partial charge is 0.375 e. The molecule has 0 aliphatic carbocycles. The number of thiazole rings is 2. The van der Waals surface area contributed by atoms with E-state index in [0.29, 0.717) is 73.5 Å². The first kappa shape index (κ1) is 102. The third-order valence-corrected chi connectivity index (χ3v) is 26.5. The number of oxime groups is 2. The Morgan fingerprint density at radius 2 is 0.890 bits per heavy atom. The molecule has 0 saturated carbocycles. The third kappa shape index (κ3) is 20.7. The Bertz CT molecular complexity index is 6420. The number of esters is 5. The second kappa shape index (κ2) is 39.2. The Hall–Kier alpha value is -14.5. The van der Waals surface area contributed by atoms with E-state index < -0.39 is 183 Å². The van der Waals surface area contributed by atoms with Crippen LogP contribution in [-0.4, -0.2) is 229 Å². The zero-order chi connectivity index (χ0) is 104. The van der Waals surface area contributed by atoms with Gasteiger partial charge in [0.2, 0.25) is 22.9 Å². The van der Waals surface area contributed by atoms with Gasteiger partial charge in [-0.25, -0.2) is 54.2 Å². The van der Waals surface area contributed by atoms with E-state index in [0.717, 1.165) is 17.8 Å². The molecule has 4 aromatic heterocycles. The topological polar surface area (TPSA) is 513 Å². The first-order valence-corrected chi connectivity index (χ1v) is 48.7. The third-order valence-electron chi connectivity index (χ3n) is 24.9. The van der Waals surface area contributed by atoms with Crippen LogP contribution in [0.15, 0.2) is 155 Å². The molecule has 4 bridgehead atoms. The molecule has 11 aliphatic rings. The fourth-order valence-corrected chi connectivity index (χ4v) is 19.6. The number of Topliss-reactive ketones (excluding diaryl/α,β-unsaturated/α-hetero) is 3. The van der Waals surface area contributed by atoms with Gasteiger partial charge in [0.25, 0.3) is 41.3 Å². The summed E-state index contributed by atoms with van der Waals surface area (Å²) in [5.74, 6) is -19.2. The van der Waals surface area contributed by atoms with Crippen LogP contribution in [0.2, 0.25) is 0 Å². The quantitative estimate of drug-likeness (QED) is 0.0127. The van der Waals surface area contributed by atoms with E-state index in [9.17, 15) is 77.0 Å². The summed E-state index contributed by atoms with van der Waals surface area (Å²) in [6, 6.07) is 34.9. The molecule has 7 fully saturated rings. The van der Waals surface area contributed by atoms with Crippen molar-refractivity contribution in [3.05, 3.63) is 210 Å². The SMILES string of the molecule is CC(C)(C)OC(=O)C(=O)C[C@@H](C(=O)O)N1C(=O)c2cc3c(nc2C1=O)OC(c1ccccc1)(c1ccccc1)O3.Cc1nc(/C(=N/OC2(C(=O)OC(C)(C)C)CC3CCC(C2)O3)C(=O)C[C@H]2CON(C3(C(=O)OC(C)(C)C)C[C@H](N4C(=O)c5cc6c(nc5C4=O)OC(c4ccccc4)(c4ccccc4)O6)C(=O)O3)C2=O)cs1.Cc1nc(/C(=N/OC2(C(=O)OC(C)(C)C)CC3CCC(C2)O3)C(=O)C[C@H]2CONC2=O)cs1. The number of nitrogens with one attached hydrogen (secondary N) is 1. The van der Waals surface area contributed by atoms with Gasteiger partial charge < -0.3 is 66.9 Å². The zero-order valence-corrected chi connectivity index (χ0v) is 83.0. The molecule has 760 valence electrons. The molecular weight excluding hydrogens is 1930 g/mol. The number of hydroxylamine groups is 3. The van der Waals surface area contributed by atoms with Crippen molar-refractivity contribution in [1.82, 2.24) is 40.3 Å². The van der Waals surface area contributed by atoms with Crippen LogP contribution in [0.5, 0.6) is 23.3 Å². The van der Waals surface area contributed by atoms with Crippen molar-refractivity contribution in [3.8, 4) is 23.3 Å². The summed E-state index contributed by atoms with van der Waals surface area (Å²) in [6.45, 7) is 23.0. The molecule has 41 nitrogen and oxygen atoms in total. The van der Waals surface area contributed by atoms with Crippen LogP contribution in [0, 0.1) is 25.7 Å². The van der Waals surface area contributed by atoms with Crippen molar-refractivity contribution in [3.63, 3.8) is 0 Å². The highest BCUT2D eigenvalue weighted by molar-refractivity contribution is 7.10. The number of hydrogen-bond donors (Lipinski definition) is 2. The number of aryl methyl sites for hydroxylation is 2. The molecule has 9 atom stereocenters. The number of hydrogen-bond acceptors (Lipinski definition) is 38. The van der Waals surface area contributed by atoms with E-state index in [2.05, 4.69) is 35.7 Å². The van der Waals surface area contributed by atoms with Crippen LogP contribution in [0.25, 0.3) is 0 Å². The van der Waals surface area contributed by atoms with Crippen LogP contribution in [0.3, 0.4) is 0 Å². The summed E-state index contributed by atoms with van der Waals surface area (Å²) in [5.41, 5.74) is -5.69. The lowest BCUT2D eigenvalue weighted by molar-refractivity contribution is -0.263. The van der Waals surface area contributed by atoms with Gasteiger partial charge in [-0.1, -0.05) is 132 Å². The zero-order valence-electron chi connectivity index (χ0n) is 81.4. The number of aromatic nitrogens is 4. The minimum atomic E-state index is -2.68. The van der Waals surface area contributed by atoms with Gasteiger partial charge in [0.05, 0.1) is 77.0 Å². The van der Waals surface area contributed by atoms with Crippen LogP contribution in [0.4, 0.5) is 0 Å². The van der Waals surface area contributed by atoms with Crippen molar-refractivity contribution in [1.29, 1.82) is 0 Å². The van der Waals surface area contributed by atoms with Crippen LogP contribution >= 0.6 is 22.7 Å². The maximum atomic E-state index is 14.5. The number of pyridine rings is 2. The van der Waals surface area contributed by atoms with E-state index >= 15 is 0 Å². The molecule has 4 aromatic carbocycles. The summed E-state index contributed by atoms with van der Waals surface area (Å²) in [6.07, 6.45) is 0.576. The Labute approximate surface area is 837 Å². The number of imide groups is 2. The normalized spacial score (nSPS) is 24.3. The van der Waals surface area contributed by atoms with E-state index in [-0.39, 0.29) is 119 Å². The number of ketones is 3. The average Bonchev–Trinajstić information content (AvgIpc) is 1.55. The number of amides is 6. The Balaban J connectivity index is 0.000000165. The summed E-state index contributed by atoms with van der Waals surface area (Å²) in [7, 11) is 0. The summed E-state index contributed by atoms with van der Waals surface area (Å²) in [5, 5.41) is 23.4. The number of benzene rings is 4. The average molecular weight is 2030 g/mol. The number of cyclic esters (lactones) is 1. The molecule has 15 heterocycles. The second-order valence-corrected chi connectivity index (χ2v) is 42.6. The fraction of sp³-hybridized carbons (Fsp3) is 0.441. The van der Waals surface area contributed by atoms with Crippen LogP contribution in [-0.2, 0) is 117 Å². The highest BCUT2D eigenvalue weighted by Gasteiger charge is 2.67. The monoisotopic (exact) mass is 2030 g/mol. The van der Waals surface area contributed by atoms with Crippen molar-refractivity contribution < 1.29 is 148 Å². The molecule has 8 aromatic rings. The molecular formula is C102H104N10O31S2. The maximum Gasteiger partial charge on any atom is 0.375 e. The fourth-order valence-electron chi connectivity index (χ4n) is 18.4. The summed E-state index contributed by atoms with van der Waals surface area (Å²) >= 11 is 2.60. The first-order valence-electron chi connectivity index (χ1n) is 46.9. The number of aliphatic carboxylic acids is 1. The molecule has 19 rings (SSSR count). The van der Waals surface area contributed by atoms with E-state index in [1.165, 1.54) is 55.6 Å². The molecule has 2 N–H and O–H groups in total. The highest BCUT2D eigenvalue weighted by atomic mass is 32.1. The predicted octanol–water partition coefficient (Wildman–Crippen LogP) is 11.0. The lowest BCUT2D eigenvalue weighted by atomic mass is 9.90. The van der Waals surface area contributed by atoms with Crippen molar-refractivity contribution >= 4 is 123 Å². The second-order valence-electron chi connectivity index (χ2n) is 40.5. The van der Waals surface area contributed by atoms with E-state index in [1.54, 1.807) is 177 Å². The molecule has 0 radical (unpaired) electrons. The van der Waals surface area contributed by atoms with Gasteiger partial charge in [-0.15, -0.1) is 22.7 Å². The molecule has 0 spiro atoms. The molecule has 43 heteroatoms. The number of ether oxygens (including phenoxy) is 11. The summed E-state index contributed by atoms with van der Waals surface area (Å²) < 4.78 is 65.2. The maximum absolute atomic E-state index is 14.5. The van der Waals surface area contributed by atoms with Crippen molar-refractivity contribution in [2.45, 2.75) is 261 Å². The van der Waals surface area contributed by atoms with Gasteiger partial charge in [-0.3, -0.25) is 62.6 Å². The number of carboxylic acids is 1. The number of carbonyl (C=O) groups is 15. The first-order chi connectivity index (χ1) is 68.5. The lowest BCUT2D eigenvalue weighted by Crippen LogP contribution is -2.57. The number of nitrogens with zero attached hydrogens (tertiary/aromatic N) is 9. The number of fused-ring (bicyclic) bond motifs is 8. The van der Waals surface area contributed by atoms with Gasteiger partial charge in [0, 0.05) is 90.1 Å². The minimum absolute atomic E-state index is 0.0270. The summed E-state index contributed by atoms with van der Waals surface area (Å²) in [4.78, 5) is 243. The largest absolute Gasteiger partial charge is 0.480 e. The van der Waals surface area contributed by atoms with Crippen molar-refractivity contribution in [2.75, 3.05) is 13.2 Å². The van der Waals surface area contributed by atoms with Gasteiger partial charge in [0.15, 0.2) is 34.5 Å². The van der Waals surface area contributed by atoms with Crippen LogP contribution < -0.4 is 24.4 Å². The van der Waals surface area contributed by atoms with E-state index in [1.807, 2.05) is 31.2 Å². The highest BCUT2D eigenvalue weighted by Crippen LogP contribution is 2.53. The van der Waals surface area contributed by atoms with Gasteiger partial charge in [-0.05, 0) is 123 Å². The van der Waals surface area contributed by atoms with Gasteiger partial charge >= 0.3 is 53.1 Å². The van der Waals surface area contributed by atoms with Crippen LogP contribution in [0.1, 0.15) is 245 Å². The van der Waals surface area contributed by atoms with Gasteiger partial charge in [-0.2, -0.15) is 5.06 Å². The molecule has 5 unspecified atom stereocenters. The minimum Gasteiger partial charge on any atom is -0.480 e. The van der Waals surface area contributed by atoms with Gasteiger partial charge in [0.1, 0.15) is 57.3 Å². The van der Waals surface area contributed by atoms with Crippen molar-refractivity contribution in [2.24, 2.45) is 22.1 Å². The molecule has 145 heavy (non-hydrogen) atoms. The van der Waals surface area contributed by atoms with E-state index in [4.69, 9.17) is 71.5 Å². The molecule has 11 aliphatic heterocycles. The number of carbonyl (C=O) groups excluding carboxylic acids is 14. The molecule has 6 amide bonds. The Kier molecular flexibility index (Phi) is 27.6. The lowest BCUT2D eigenvalue weighted by Gasteiger charge is -2.38. The predicted molar refractivity (Wildman–Crippen MR) is 503 cm³/mol. The number of carboxylic acid groups (broad SMARTS) is 1. The molecule has 7 saturated heterocycles.